The molecule has 0 spiro atoms. The Balaban J connectivity index is 2.13. The van der Waals surface area contributed by atoms with E-state index in [-0.39, 0.29) is 15.4 Å². The Morgan fingerprint density at radius 3 is 2.80 bits per heavy atom. The Hall–Kier alpha value is -0.500. The molecule has 1 N–H and O–H groups in total. The highest BCUT2D eigenvalue weighted by Gasteiger charge is 2.25. The van der Waals surface area contributed by atoms with Gasteiger partial charge in [0, 0.05) is 19.6 Å². The van der Waals surface area contributed by atoms with E-state index < -0.39 is 15.8 Å². The van der Waals surface area contributed by atoms with Gasteiger partial charge in [0.1, 0.15) is 5.82 Å². The molecule has 20 heavy (non-hydrogen) atoms. The van der Waals surface area contributed by atoms with Gasteiger partial charge in [-0.3, -0.25) is 0 Å². The molecule has 0 saturated carbocycles. The van der Waals surface area contributed by atoms with Gasteiger partial charge in [-0.2, -0.15) is 4.31 Å². The maximum atomic E-state index is 13.5. The molecule has 1 saturated heterocycles. The summed E-state index contributed by atoms with van der Waals surface area (Å²) < 4.78 is 39.8. The van der Waals surface area contributed by atoms with Gasteiger partial charge in [0.2, 0.25) is 10.0 Å². The average molecular weight is 365 g/mol. The zero-order chi connectivity index (χ0) is 14.8. The Labute approximate surface area is 127 Å². The Morgan fingerprint density at radius 2 is 2.20 bits per heavy atom. The normalized spacial score (nSPS) is 20.3. The number of piperidine rings is 1. The van der Waals surface area contributed by atoms with Gasteiger partial charge < -0.3 is 5.32 Å². The summed E-state index contributed by atoms with van der Waals surface area (Å²) >= 11 is 3.02. The monoisotopic (exact) mass is 364 g/mol. The summed E-state index contributed by atoms with van der Waals surface area (Å²) in [7, 11) is -2.11. The number of likely N-dealkylation sites (N-methyl/N-ethyl adjacent to an activating group) is 1. The quantitative estimate of drug-likeness (QED) is 0.891. The summed E-state index contributed by atoms with van der Waals surface area (Å²) in [5.41, 5.74) is 0. The minimum absolute atomic E-state index is 0.0171. The maximum absolute atomic E-state index is 13.5. The number of hydrogen-bond acceptors (Lipinski definition) is 3. The molecule has 0 aliphatic carbocycles. The van der Waals surface area contributed by atoms with Crippen molar-refractivity contribution in [3.05, 3.63) is 28.5 Å². The number of nitrogens with zero attached hydrogens (tertiary/aromatic N) is 1. The molecule has 1 heterocycles. The Kier molecular flexibility index (Phi) is 5.17. The highest BCUT2D eigenvalue weighted by atomic mass is 79.9. The fraction of sp³-hybridized carbons (Fsp3) is 0.538. The second-order valence-corrected chi connectivity index (χ2v) is 7.91. The summed E-state index contributed by atoms with van der Waals surface area (Å²) in [6, 6.07) is 4.04. The van der Waals surface area contributed by atoms with Gasteiger partial charge in [0.05, 0.1) is 9.37 Å². The number of rotatable bonds is 4. The van der Waals surface area contributed by atoms with Crippen molar-refractivity contribution in [3.8, 4) is 0 Å². The molecule has 7 heteroatoms. The van der Waals surface area contributed by atoms with E-state index in [4.69, 9.17) is 0 Å². The zero-order valence-corrected chi connectivity index (χ0v) is 13.7. The van der Waals surface area contributed by atoms with Crippen LogP contribution >= 0.6 is 15.9 Å². The average Bonchev–Trinajstić information content (AvgIpc) is 2.42. The largest absolute Gasteiger partial charge is 0.313 e. The summed E-state index contributed by atoms with van der Waals surface area (Å²) in [4.78, 5) is -0.0171. The van der Waals surface area contributed by atoms with Crippen LogP contribution in [0.5, 0.6) is 0 Å². The summed E-state index contributed by atoms with van der Waals surface area (Å²) in [6.07, 6.45) is 3.21. The van der Waals surface area contributed by atoms with Crippen molar-refractivity contribution in [2.24, 2.45) is 0 Å². The predicted molar refractivity (Wildman–Crippen MR) is 79.6 cm³/mol. The third-order valence-corrected chi connectivity index (χ3v) is 5.95. The third kappa shape index (κ3) is 3.58. The zero-order valence-electron chi connectivity index (χ0n) is 11.3. The standard InChI is InChI=1S/C13H18BrFN2O2S/c1-17(9-10-4-2-3-7-16-10)20(18,19)11-5-6-12(14)13(15)8-11/h5-6,8,10,16H,2-4,7,9H2,1H3. The van der Waals surface area contributed by atoms with E-state index in [2.05, 4.69) is 21.2 Å². The molecule has 0 amide bonds. The van der Waals surface area contributed by atoms with Gasteiger partial charge in [-0.15, -0.1) is 0 Å². The van der Waals surface area contributed by atoms with Crippen molar-refractivity contribution in [1.29, 1.82) is 0 Å². The van der Waals surface area contributed by atoms with Gasteiger partial charge in [-0.1, -0.05) is 6.42 Å². The second-order valence-electron chi connectivity index (χ2n) is 5.01. The van der Waals surface area contributed by atoms with Crippen LogP contribution in [0.2, 0.25) is 0 Å². The molecular weight excluding hydrogens is 347 g/mol. The lowest BCUT2D eigenvalue weighted by Gasteiger charge is -2.27. The first-order valence-electron chi connectivity index (χ1n) is 6.56. The first-order chi connectivity index (χ1) is 9.41. The number of benzene rings is 1. The molecule has 1 fully saturated rings. The summed E-state index contributed by atoms with van der Waals surface area (Å²) in [6.45, 7) is 1.32. The van der Waals surface area contributed by atoms with Crippen molar-refractivity contribution < 1.29 is 12.8 Å². The van der Waals surface area contributed by atoms with Gasteiger partial charge in [0.15, 0.2) is 0 Å². The fourth-order valence-corrected chi connectivity index (χ4v) is 3.78. The molecule has 1 aromatic carbocycles. The molecule has 1 aromatic rings. The van der Waals surface area contributed by atoms with E-state index in [9.17, 15) is 12.8 Å². The number of nitrogens with one attached hydrogen (secondary N) is 1. The van der Waals surface area contributed by atoms with Crippen molar-refractivity contribution in [2.75, 3.05) is 20.1 Å². The van der Waals surface area contributed by atoms with Gasteiger partial charge in [-0.25, -0.2) is 12.8 Å². The van der Waals surface area contributed by atoms with Crippen LogP contribution in [0.3, 0.4) is 0 Å². The highest BCUT2D eigenvalue weighted by Crippen LogP contribution is 2.22. The lowest BCUT2D eigenvalue weighted by molar-refractivity contribution is 0.337. The van der Waals surface area contributed by atoms with E-state index in [1.807, 2.05) is 0 Å². The van der Waals surface area contributed by atoms with Crippen LogP contribution in [0.4, 0.5) is 4.39 Å². The number of halogens is 2. The smallest absolute Gasteiger partial charge is 0.242 e. The molecule has 0 aromatic heterocycles. The first kappa shape index (κ1) is 15.9. The molecule has 2 rings (SSSR count). The Morgan fingerprint density at radius 1 is 1.45 bits per heavy atom. The van der Waals surface area contributed by atoms with Crippen LogP contribution < -0.4 is 5.32 Å². The maximum Gasteiger partial charge on any atom is 0.242 e. The molecule has 1 atom stereocenters. The van der Waals surface area contributed by atoms with Crippen LogP contribution in [0.15, 0.2) is 27.6 Å². The molecule has 0 bridgehead atoms. The minimum Gasteiger partial charge on any atom is -0.313 e. The third-order valence-electron chi connectivity index (χ3n) is 3.49. The second kappa shape index (κ2) is 6.51. The van der Waals surface area contributed by atoms with Crippen molar-refractivity contribution in [1.82, 2.24) is 9.62 Å². The van der Waals surface area contributed by atoms with Crippen molar-refractivity contribution >= 4 is 26.0 Å². The molecule has 0 radical (unpaired) electrons. The topological polar surface area (TPSA) is 49.4 Å². The van der Waals surface area contributed by atoms with Crippen LogP contribution in [-0.4, -0.2) is 38.9 Å². The van der Waals surface area contributed by atoms with Crippen LogP contribution in [0.25, 0.3) is 0 Å². The molecule has 112 valence electrons. The van der Waals surface area contributed by atoms with E-state index in [1.54, 1.807) is 0 Å². The van der Waals surface area contributed by atoms with Crippen molar-refractivity contribution in [3.63, 3.8) is 0 Å². The van der Waals surface area contributed by atoms with E-state index in [0.717, 1.165) is 31.9 Å². The lowest BCUT2D eigenvalue weighted by atomic mass is 10.1. The SMILES string of the molecule is CN(CC1CCCCN1)S(=O)(=O)c1ccc(Br)c(F)c1. The van der Waals surface area contributed by atoms with Crippen molar-refractivity contribution in [2.45, 2.75) is 30.2 Å². The van der Waals surface area contributed by atoms with Crippen LogP contribution in [0.1, 0.15) is 19.3 Å². The lowest BCUT2D eigenvalue weighted by Crippen LogP contribution is -2.44. The van der Waals surface area contributed by atoms with E-state index >= 15 is 0 Å². The summed E-state index contributed by atoms with van der Waals surface area (Å²) in [5.74, 6) is -0.574. The highest BCUT2D eigenvalue weighted by molar-refractivity contribution is 9.10. The molecule has 4 nitrogen and oxygen atoms in total. The molecular formula is C13H18BrFN2O2S. The van der Waals surface area contributed by atoms with E-state index in [0.29, 0.717) is 6.54 Å². The molecule has 1 aliphatic heterocycles. The van der Waals surface area contributed by atoms with Gasteiger partial charge in [-0.05, 0) is 53.5 Å². The minimum atomic E-state index is -3.65. The van der Waals surface area contributed by atoms with Crippen LogP contribution in [-0.2, 0) is 10.0 Å². The first-order valence-corrected chi connectivity index (χ1v) is 8.79. The van der Waals surface area contributed by atoms with Crippen LogP contribution in [0, 0.1) is 5.82 Å². The molecule has 1 unspecified atom stereocenters. The van der Waals surface area contributed by atoms with E-state index in [1.165, 1.54) is 23.5 Å². The number of hydrogen-bond donors (Lipinski definition) is 1. The predicted octanol–water partition coefficient (Wildman–Crippen LogP) is 2.35. The van der Waals surface area contributed by atoms with Gasteiger partial charge >= 0.3 is 0 Å². The molecule has 1 aliphatic rings. The fourth-order valence-electron chi connectivity index (χ4n) is 2.31. The Bertz CT molecular complexity index is 574. The van der Waals surface area contributed by atoms with Gasteiger partial charge in [0.25, 0.3) is 0 Å². The number of sulfonamides is 1. The summed E-state index contributed by atoms with van der Waals surface area (Å²) in [5, 5.41) is 3.31.